The van der Waals surface area contributed by atoms with E-state index in [1.54, 1.807) is 6.33 Å². The van der Waals surface area contributed by atoms with Crippen LogP contribution in [0.4, 0.5) is 0 Å². The highest BCUT2D eigenvalue weighted by Gasteiger charge is 2.24. The van der Waals surface area contributed by atoms with E-state index in [1.807, 2.05) is 0 Å². The Morgan fingerprint density at radius 3 is 2.17 bits per heavy atom. The Bertz CT molecular complexity index is 361. The number of hydrogen-bond acceptors (Lipinski definition) is 3. The van der Waals surface area contributed by atoms with Gasteiger partial charge in [-0.1, -0.05) is 34.6 Å². The second-order valence-corrected chi connectivity index (χ2v) is 5.64. The van der Waals surface area contributed by atoms with E-state index in [0.717, 1.165) is 17.9 Å². The van der Waals surface area contributed by atoms with Gasteiger partial charge in [-0.3, -0.25) is 0 Å². The van der Waals surface area contributed by atoms with Crippen LogP contribution in [0, 0.1) is 5.92 Å². The van der Waals surface area contributed by atoms with Gasteiger partial charge < -0.3 is 5.32 Å². The zero-order chi connectivity index (χ0) is 13.7. The smallest absolute Gasteiger partial charge is 0.115 e. The molecule has 0 aliphatic carbocycles. The van der Waals surface area contributed by atoms with E-state index in [-0.39, 0.29) is 0 Å². The summed E-state index contributed by atoms with van der Waals surface area (Å²) in [4.78, 5) is 8.85. The molecule has 3 heteroatoms. The summed E-state index contributed by atoms with van der Waals surface area (Å²) in [6.45, 7) is 14.2. The summed E-state index contributed by atoms with van der Waals surface area (Å²) in [6, 6.07) is 2.60. The number of nitrogens with zero attached hydrogens (tertiary/aromatic N) is 2. The first-order valence-electron chi connectivity index (χ1n) is 7.02. The summed E-state index contributed by atoms with van der Waals surface area (Å²) in [6.07, 6.45) is 1.71. The molecule has 0 bridgehead atoms. The second-order valence-electron chi connectivity index (χ2n) is 5.64. The lowest BCUT2D eigenvalue weighted by atomic mass is 9.85. The summed E-state index contributed by atoms with van der Waals surface area (Å²) in [7, 11) is 0. The molecule has 0 aliphatic rings. The Labute approximate surface area is 111 Å². The fraction of sp³-hybridized carbons (Fsp3) is 0.733. The molecule has 18 heavy (non-hydrogen) atoms. The molecule has 1 heterocycles. The zero-order valence-corrected chi connectivity index (χ0v) is 12.6. The van der Waals surface area contributed by atoms with Crippen molar-refractivity contribution < 1.29 is 0 Å². The van der Waals surface area contributed by atoms with Crippen molar-refractivity contribution in [1.82, 2.24) is 15.3 Å². The van der Waals surface area contributed by atoms with Gasteiger partial charge in [0, 0.05) is 23.3 Å². The van der Waals surface area contributed by atoms with Gasteiger partial charge in [0.05, 0.1) is 0 Å². The molecule has 0 saturated carbocycles. The van der Waals surface area contributed by atoms with Gasteiger partial charge in [-0.05, 0) is 31.4 Å². The van der Waals surface area contributed by atoms with Gasteiger partial charge in [0.25, 0.3) is 0 Å². The zero-order valence-electron chi connectivity index (χ0n) is 12.6. The third-order valence-corrected chi connectivity index (χ3v) is 3.43. The standard InChI is InChI=1S/C15H27N3/c1-7-16-12(6)15(11(4)5)14-8-13(10(2)3)17-9-18-14/h8-12,15-16H,7H2,1-6H3. The Morgan fingerprint density at radius 1 is 1.06 bits per heavy atom. The van der Waals surface area contributed by atoms with Crippen LogP contribution in [0.5, 0.6) is 0 Å². The molecule has 2 atom stereocenters. The minimum atomic E-state index is 0.435. The van der Waals surface area contributed by atoms with Crippen LogP contribution in [0.1, 0.15) is 64.8 Å². The van der Waals surface area contributed by atoms with Crippen LogP contribution < -0.4 is 5.32 Å². The fourth-order valence-corrected chi connectivity index (χ4v) is 2.51. The topological polar surface area (TPSA) is 37.8 Å². The van der Waals surface area contributed by atoms with Gasteiger partial charge in [-0.2, -0.15) is 0 Å². The number of rotatable bonds is 6. The first-order valence-corrected chi connectivity index (χ1v) is 7.02. The lowest BCUT2D eigenvalue weighted by Crippen LogP contribution is -2.35. The molecule has 0 radical (unpaired) electrons. The van der Waals surface area contributed by atoms with E-state index in [4.69, 9.17) is 0 Å². The van der Waals surface area contributed by atoms with E-state index >= 15 is 0 Å². The maximum absolute atomic E-state index is 4.50. The van der Waals surface area contributed by atoms with Crippen LogP contribution in [0.2, 0.25) is 0 Å². The molecule has 102 valence electrons. The van der Waals surface area contributed by atoms with Crippen molar-refractivity contribution in [3.63, 3.8) is 0 Å². The minimum Gasteiger partial charge on any atom is -0.314 e. The van der Waals surface area contributed by atoms with E-state index in [9.17, 15) is 0 Å². The third kappa shape index (κ3) is 3.77. The lowest BCUT2D eigenvalue weighted by molar-refractivity contribution is 0.375. The average molecular weight is 249 g/mol. The number of aromatic nitrogens is 2. The summed E-state index contributed by atoms with van der Waals surface area (Å²) < 4.78 is 0. The van der Waals surface area contributed by atoms with Gasteiger partial charge in [0.2, 0.25) is 0 Å². The van der Waals surface area contributed by atoms with Gasteiger partial charge in [0.1, 0.15) is 6.33 Å². The van der Waals surface area contributed by atoms with Crippen molar-refractivity contribution in [3.05, 3.63) is 23.8 Å². The van der Waals surface area contributed by atoms with Crippen LogP contribution in [-0.2, 0) is 0 Å². The van der Waals surface area contributed by atoms with Crippen LogP contribution in [0.15, 0.2) is 12.4 Å². The molecule has 0 fully saturated rings. The molecule has 0 spiro atoms. The highest BCUT2D eigenvalue weighted by Crippen LogP contribution is 2.27. The molecule has 1 aromatic rings. The number of likely N-dealkylation sites (N-methyl/N-ethyl adjacent to an activating group) is 1. The van der Waals surface area contributed by atoms with Crippen molar-refractivity contribution in [2.45, 2.75) is 59.4 Å². The number of nitrogens with one attached hydrogen (secondary N) is 1. The van der Waals surface area contributed by atoms with Crippen LogP contribution in [0.3, 0.4) is 0 Å². The van der Waals surface area contributed by atoms with Crippen molar-refractivity contribution in [2.75, 3.05) is 6.54 Å². The van der Waals surface area contributed by atoms with E-state index in [0.29, 0.717) is 23.8 Å². The summed E-state index contributed by atoms with van der Waals surface area (Å²) >= 11 is 0. The molecular weight excluding hydrogens is 222 g/mol. The maximum Gasteiger partial charge on any atom is 0.115 e. The fourth-order valence-electron chi connectivity index (χ4n) is 2.51. The molecule has 1 N–H and O–H groups in total. The van der Waals surface area contributed by atoms with Gasteiger partial charge >= 0.3 is 0 Å². The Balaban J connectivity index is 3.02. The Kier molecular flexibility index (Phi) is 5.73. The predicted molar refractivity (Wildman–Crippen MR) is 76.8 cm³/mol. The van der Waals surface area contributed by atoms with Crippen LogP contribution in [0.25, 0.3) is 0 Å². The molecule has 0 aliphatic heterocycles. The Hall–Kier alpha value is -0.960. The average Bonchev–Trinajstić information content (AvgIpc) is 2.29. The van der Waals surface area contributed by atoms with Gasteiger partial charge in [-0.15, -0.1) is 0 Å². The van der Waals surface area contributed by atoms with Crippen LogP contribution >= 0.6 is 0 Å². The maximum atomic E-state index is 4.50. The van der Waals surface area contributed by atoms with Crippen molar-refractivity contribution >= 4 is 0 Å². The monoisotopic (exact) mass is 249 g/mol. The Morgan fingerprint density at radius 2 is 1.67 bits per heavy atom. The molecule has 3 nitrogen and oxygen atoms in total. The normalized spacial score (nSPS) is 15.1. The minimum absolute atomic E-state index is 0.435. The third-order valence-electron chi connectivity index (χ3n) is 3.43. The first-order chi connectivity index (χ1) is 8.47. The summed E-state index contributed by atoms with van der Waals surface area (Å²) in [5, 5.41) is 3.51. The highest BCUT2D eigenvalue weighted by atomic mass is 14.9. The summed E-state index contributed by atoms with van der Waals surface area (Å²) in [5.41, 5.74) is 2.30. The lowest BCUT2D eigenvalue weighted by Gasteiger charge is -2.28. The van der Waals surface area contributed by atoms with E-state index in [2.05, 4.69) is 62.9 Å². The van der Waals surface area contributed by atoms with E-state index in [1.165, 1.54) is 0 Å². The van der Waals surface area contributed by atoms with Gasteiger partial charge in [0.15, 0.2) is 0 Å². The van der Waals surface area contributed by atoms with Crippen molar-refractivity contribution in [3.8, 4) is 0 Å². The summed E-state index contributed by atoms with van der Waals surface area (Å²) in [5.74, 6) is 1.45. The highest BCUT2D eigenvalue weighted by molar-refractivity contribution is 5.17. The van der Waals surface area contributed by atoms with E-state index < -0.39 is 0 Å². The van der Waals surface area contributed by atoms with Crippen molar-refractivity contribution in [1.29, 1.82) is 0 Å². The molecule has 0 saturated heterocycles. The quantitative estimate of drug-likeness (QED) is 0.840. The molecule has 0 amide bonds. The predicted octanol–water partition coefficient (Wildman–Crippen LogP) is 3.34. The number of hydrogen-bond donors (Lipinski definition) is 1. The first kappa shape index (κ1) is 15.1. The molecular formula is C15H27N3. The largest absolute Gasteiger partial charge is 0.314 e. The molecule has 1 aromatic heterocycles. The van der Waals surface area contributed by atoms with Crippen molar-refractivity contribution in [2.24, 2.45) is 5.92 Å². The van der Waals surface area contributed by atoms with Gasteiger partial charge in [-0.25, -0.2) is 9.97 Å². The second kappa shape index (κ2) is 6.83. The molecule has 0 aromatic carbocycles. The SMILES string of the molecule is CCNC(C)C(c1cc(C(C)C)ncn1)C(C)C. The molecule has 2 unspecified atom stereocenters. The molecule has 1 rings (SSSR count). The van der Waals surface area contributed by atoms with Crippen LogP contribution in [-0.4, -0.2) is 22.6 Å².